The summed E-state index contributed by atoms with van der Waals surface area (Å²) in [5.74, 6) is -0.182. The highest BCUT2D eigenvalue weighted by atomic mass is 19.1. The van der Waals surface area contributed by atoms with E-state index in [1.54, 1.807) is 6.07 Å². The van der Waals surface area contributed by atoms with Gasteiger partial charge in [0, 0.05) is 24.0 Å². The van der Waals surface area contributed by atoms with Crippen LogP contribution in [0, 0.1) is 12.4 Å². The summed E-state index contributed by atoms with van der Waals surface area (Å²) < 4.78 is 15.1. The largest absolute Gasteiger partial charge is 0.372 e. The number of nitrogens with one attached hydrogen (secondary N) is 1. The van der Waals surface area contributed by atoms with Crippen LogP contribution in [0.2, 0.25) is 0 Å². The lowest BCUT2D eigenvalue weighted by atomic mass is 9.96. The normalized spacial score (nSPS) is 11.8. The third-order valence-corrected chi connectivity index (χ3v) is 4.76. The second-order valence-electron chi connectivity index (χ2n) is 6.73. The van der Waals surface area contributed by atoms with Gasteiger partial charge in [-0.2, -0.15) is 0 Å². The number of hydrogen-bond donors (Lipinski definition) is 2. The highest BCUT2D eigenvalue weighted by Gasteiger charge is 2.19. The Morgan fingerprint density at radius 3 is 2.73 bits per heavy atom. The van der Waals surface area contributed by atoms with Crippen molar-refractivity contribution >= 4 is 23.0 Å². The number of halogens is 1. The molecule has 0 aliphatic carbocycles. The molecule has 3 aromatic heterocycles. The lowest BCUT2D eigenvalue weighted by molar-refractivity contribution is 0.618. The molecule has 7 nitrogen and oxygen atoms in total. The molecule has 0 aliphatic rings. The molecule has 1 aromatic carbocycles. The van der Waals surface area contributed by atoms with E-state index < -0.39 is 11.9 Å². The van der Waals surface area contributed by atoms with Gasteiger partial charge in [-0.15, -0.1) is 0 Å². The Morgan fingerprint density at radius 1 is 1.23 bits per heavy atom. The number of benzene rings is 1. The molecule has 0 radical (unpaired) electrons. The van der Waals surface area contributed by atoms with Gasteiger partial charge in [0.25, 0.3) is 5.56 Å². The Hall–Kier alpha value is -4.25. The van der Waals surface area contributed by atoms with Gasteiger partial charge in [0.15, 0.2) is 0 Å². The molecule has 148 valence electrons. The fourth-order valence-electron chi connectivity index (χ4n) is 3.35. The predicted molar refractivity (Wildman–Crippen MR) is 114 cm³/mol. The molecule has 0 unspecified atom stereocenters. The van der Waals surface area contributed by atoms with Gasteiger partial charge in [0.1, 0.15) is 11.6 Å². The van der Waals surface area contributed by atoms with Crippen LogP contribution in [0.3, 0.4) is 0 Å². The van der Waals surface area contributed by atoms with E-state index >= 15 is 0 Å². The highest BCUT2D eigenvalue weighted by molar-refractivity contribution is 5.72. The lowest BCUT2D eigenvalue weighted by Crippen LogP contribution is -2.21. The maximum absolute atomic E-state index is 13.8. The summed E-state index contributed by atoms with van der Waals surface area (Å²) in [4.78, 5) is 24.7. The molecule has 0 saturated heterocycles. The van der Waals surface area contributed by atoms with Gasteiger partial charge in [-0.3, -0.25) is 9.20 Å². The van der Waals surface area contributed by atoms with Gasteiger partial charge in [-0.25, -0.2) is 19.2 Å². The van der Waals surface area contributed by atoms with E-state index in [2.05, 4.69) is 20.1 Å². The summed E-state index contributed by atoms with van der Waals surface area (Å²) in [5.41, 5.74) is 7.94. The van der Waals surface area contributed by atoms with Crippen molar-refractivity contribution < 1.29 is 4.39 Å². The fraction of sp³-hybridized carbons (Fsp3) is 0.0909. The molecule has 3 heterocycles. The molecule has 4 aromatic rings. The number of nitrogens with two attached hydrogens (primary N) is 1. The van der Waals surface area contributed by atoms with Crippen molar-refractivity contribution in [2.24, 2.45) is 0 Å². The topological polar surface area (TPSA) is 89.7 Å². The van der Waals surface area contributed by atoms with E-state index in [0.717, 1.165) is 0 Å². The van der Waals surface area contributed by atoms with Crippen molar-refractivity contribution in [1.82, 2.24) is 14.4 Å². The lowest BCUT2D eigenvalue weighted by Gasteiger charge is -2.20. The average Bonchev–Trinajstić information content (AvgIpc) is 2.75. The monoisotopic (exact) mass is 400 g/mol. The second kappa shape index (κ2) is 7.64. The van der Waals surface area contributed by atoms with Crippen molar-refractivity contribution in [3.8, 4) is 11.1 Å². The van der Waals surface area contributed by atoms with Gasteiger partial charge in [-0.05, 0) is 36.2 Å². The maximum atomic E-state index is 13.8. The SMILES string of the molecule is [C-]#[N+]c1cnc(N)nc1N[C@@H](C)c1cc2ccc(F)cn2c(=O)c1-c1ccccc1. The Bertz CT molecular complexity index is 1340. The first-order valence-electron chi connectivity index (χ1n) is 9.14. The van der Waals surface area contributed by atoms with Crippen molar-refractivity contribution in [3.63, 3.8) is 0 Å². The van der Waals surface area contributed by atoms with E-state index in [0.29, 0.717) is 22.2 Å². The second-order valence-corrected chi connectivity index (χ2v) is 6.73. The van der Waals surface area contributed by atoms with Crippen molar-refractivity contribution in [2.75, 3.05) is 11.1 Å². The number of nitrogens with zero attached hydrogens (tertiary/aromatic N) is 4. The summed E-state index contributed by atoms with van der Waals surface area (Å²) in [5, 5.41) is 3.16. The molecule has 0 saturated carbocycles. The standard InChI is InChI=1S/C22H17FN6O/c1-13(27-20-18(25-2)11-26-22(24)28-20)17-10-16-9-8-15(23)12-29(16)21(30)19(17)14-6-4-3-5-7-14/h3-13H,1H3,(H3,24,26,27,28)/t13-/m0/s1. The number of anilines is 2. The zero-order valence-electron chi connectivity index (χ0n) is 16.0. The Kier molecular flexibility index (Phi) is 4.86. The number of fused-ring (bicyclic) bond motifs is 1. The van der Waals surface area contributed by atoms with Crippen molar-refractivity contribution in [2.45, 2.75) is 13.0 Å². The molecule has 0 bridgehead atoms. The maximum Gasteiger partial charge on any atom is 0.263 e. The Morgan fingerprint density at radius 2 is 2.00 bits per heavy atom. The van der Waals surface area contributed by atoms with E-state index in [9.17, 15) is 9.18 Å². The van der Waals surface area contributed by atoms with Crippen LogP contribution >= 0.6 is 0 Å². The number of nitrogen functional groups attached to an aromatic ring is 1. The predicted octanol–water partition coefficient (Wildman–Crippen LogP) is 4.20. The first-order chi connectivity index (χ1) is 14.5. The molecule has 0 aliphatic heterocycles. The van der Waals surface area contributed by atoms with Gasteiger partial charge in [0.05, 0.1) is 12.1 Å². The van der Waals surface area contributed by atoms with E-state index in [4.69, 9.17) is 12.3 Å². The molecule has 0 fully saturated rings. The summed E-state index contributed by atoms with van der Waals surface area (Å²) in [7, 11) is 0. The van der Waals surface area contributed by atoms with Gasteiger partial charge in [-0.1, -0.05) is 30.3 Å². The molecule has 4 rings (SSSR count). The molecule has 8 heteroatoms. The minimum absolute atomic E-state index is 0.0365. The fourth-order valence-corrected chi connectivity index (χ4v) is 3.35. The van der Waals surface area contributed by atoms with Crippen LogP contribution in [0.4, 0.5) is 21.8 Å². The van der Waals surface area contributed by atoms with Gasteiger partial charge < -0.3 is 11.1 Å². The minimum atomic E-state index is -0.499. The van der Waals surface area contributed by atoms with E-state index in [-0.39, 0.29) is 23.0 Å². The van der Waals surface area contributed by atoms with Gasteiger partial charge in [0.2, 0.25) is 11.6 Å². The minimum Gasteiger partial charge on any atom is -0.372 e. The van der Waals surface area contributed by atoms with Crippen LogP contribution in [0.15, 0.2) is 65.7 Å². The third kappa shape index (κ3) is 3.44. The van der Waals surface area contributed by atoms with Crippen LogP contribution in [0.25, 0.3) is 21.5 Å². The summed E-state index contributed by atoms with van der Waals surface area (Å²) >= 11 is 0. The Balaban J connectivity index is 1.92. The number of aromatic nitrogens is 3. The number of pyridine rings is 2. The van der Waals surface area contributed by atoms with Crippen LogP contribution in [-0.2, 0) is 0 Å². The first-order valence-corrected chi connectivity index (χ1v) is 9.14. The first kappa shape index (κ1) is 19.1. The summed E-state index contributed by atoms with van der Waals surface area (Å²) in [6, 6.07) is 13.4. The van der Waals surface area contributed by atoms with E-state index in [1.807, 2.05) is 43.3 Å². The number of rotatable bonds is 4. The average molecular weight is 400 g/mol. The zero-order chi connectivity index (χ0) is 21.3. The smallest absolute Gasteiger partial charge is 0.263 e. The molecular weight excluding hydrogens is 383 g/mol. The molecule has 3 N–H and O–H groups in total. The summed E-state index contributed by atoms with van der Waals surface area (Å²) in [6.07, 6.45) is 2.52. The van der Waals surface area contributed by atoms with Crippen molar-refractivity contribution in [3.05, 3.63) is 94.1 Å². The molecular formula is C22H17FN6O. The van der Waals surface area contributed by atoms with E-state index in [1.165, 1.54) is 22.9 Å². The van der Waals surface area contributed by atoms with Crippen LogP contribution in [0.1, 0.15) is 18.5 Å². The highest BCUT2D eigenvalue weighted by Crippen LogP contribution is 2.31. The molecule has 30 heavy (non-hydrogen) atoms. The van der Waals surface area contributed by atoms with Crippen LogP contribution in [0.5, 0.6) is 0 Å². The molecule has 1 atom stereocenters. The van der Waals surface area contributed by atoms with Crippen LogP contribution < -0.4 is 16.6 Å². The van der Waals surface area contributed by atoms with Crippen molar-refractivity contribution in [1.29, 1.82) is 0 Å². The number of hydrogen-bond acceptors (Lipinski definition) is 5. The van der Waals surface area contributed by atoms with Crippen LogP contribution in [-0.4, -0.2) is 14.4 Å². The molecule has 0 amide bonds. The quantitative estimate of drug-likeness (QED) is 0.501. The third-order valence-electron chi connectivity index (χ3n) is 4.76. The molecule has 0 spiro atoms. The van der Waals surface area contributed by atoms with Gasteiger partial charge >= 0.3 is 0 Å². The summed E-state index contributed by atoms with van der Waals surface area (Å²) in [6.45, 7) is 9.17. The Labute approximate surface area is 171 Å². The zero-order valence-corrected chi connectivity index (χ0v) is 16.0.